The van der Waals surface area contributed by atoms with Crippen molar-refractivity contribution in [3.63, 3.8) is 0 Å². The van der Waals surface area contributed by atoms with Crippen LogP contribution in [0.2, 0.25) is 0 Å². The second kappa shape index (κ2) is 5.18. The van der Waals surface area contributed by atoms with Gasteiger partial charge < -0.3 is 14.8 Å². The Bertz CT molecular complexity index is 565. The van der Waals surface area contributed by atoms with E-state index >= 15 is 0 Å². The van der Waals surface area contributed by atoms with Crippen molar-refractivity contribution in [2.24, 2.45) is 0 Å². The van der Waals surface area contributed by atoms with E-state index in [1.54, 1.807) is 13.1 Å². The van der Waals surface area contributed by atoms with Gasteiger partial charge in [-0.15, -0.1) is 0 Å². The summed E-state index contributed by atoms with van der Waals surface area (Å²) in [6, 6.07) is 5.48. The minimum absolute atomic E-state index is 0.212. The van der Waals surface area contributed by atoms with Crippen molar-refractivity contribution >= 4 is 5.65 Å². The van der Waals surface area contributed by atoms with Crippen LogP contribution in [-0.2, 0) is 6.54 Å². The molecule has 0 amide bonds. The molecule has 2 rings (SSSR count). The van der Waals surface area contributed by atoms with Gasteiger partial charge in [-0.2, -0.15) is 13.2 Å². The lowest BCUT2D eigenvalue weighted by molar-refractivity contribution is -0.201. The van der Waals surface area contributed by atoms with E-state index in [0.29, 0.717) is 0 Å². The van der Waals surface area contributed by atoms with Gasteiger partial charge in [-0.25, -0.2) is 4.98 Å². The summed E-state index contributed by atoms with van der Waals surface area (Å²) in [7, 11) is 0. The number of nitrogens with one attached hydrogen (secondary N) is 1. The van der Waals surface area contributed by atoms with Gasteiger partial charge in [0.1, 0.15) is 5.65 Å². The molecule has 19 heavy (non-hydrogen) atoms. The molecule has 4 nitrogen and oxygen atoms in total. The number of aliphatic hydroxyl groups is 1. The molecule has 104 valence electrons. The van der Waals surface area contributed by atoms with E-state index in [1.165, 1.54) is 0 Å². The summed E-state index contributed by atoms with van der Waals surface area (Å²) in [5, 5.41) is 11.5. The topological polar surface area (TPSA) is 49.6 Å². The van der Waals surface area contributed by atoms with Crippen molar-refractivity contribution in [2.75, 3.05) is 6.54 Å². The normalized spacial score (nSPS) is 13.9. The zero-order chi connectivity index (χ0) is 14.0. The van der Waals surface area contributed by atoms with Crippen LogP contribution in [0.4, 0.5) is 13.2 Å². The number of rotatable bonds is 4. The number of fused-ring (bicyclic) bond motifs is 1. The third kappa shape index (κ3) is 3.05. The molecule has 2 N–H and O–H groups in total. The van der Waals surface area contributed by atoms with Crippen LogP contribution in [0.25, 0.3) is 5.65 Å². The van der Waals surface area contributed by atoms with Gasteiger partial charge in [-0.05, 0) is 19.1 Å². The number of halogens is 3. The Morgan fingerprint density at radius 1 is 1.42 bits per heavy atom. The van der Waals surface area contributed by atoms with Crippen LogP contribution in [0.1, 0.15) is 11.4 Å². The van der Waals surface area contributed by atoms with E-state index in [0.717, 1.165) is 17.0 Å². The molecule has 2 heterocycles. The van der Waals surface area contributed by atoms with Crippen molar-refractivity contribution in [1.29, 1.82) is 0 Å². The highest BCUT2D eigenvalue weighted by Gasteiger charge is 2.37. The minimum Gasteiger partial charge on any atom is -0.382 e. The molecule has 0 radical (unpaired) electrons. The second-order valence-electron chi connectivity index (χ2n) is 4.26. The Kier molecular flexibility index (Phi) is 3.77. The van der Waals surface area contributed by atoms with E-state index in [2.05, 4.69) is 10.3 Å². The van der Waals surface area contributed by atoms with Crippen LogP contribution in [0.3, 0.4) is 0 Å². The highest BCUT2D eigenvalue weighted by molar-refractivity contribution is 5.42. The SMILES string of the molecule is Cc1nc2ccccn2c1CNCC(O)C(F)(F)F. The average molecular weight is 273 g/mol. The van der Waals surface area contributed by atoms with Crippen LogP contribution in [0.5, 0.6) is 0 Å². The van der Waals surface area contributed by atoms with E-state index in [4.69, 9.17) is 5.11 Å². The van der Waals surface area contributed by atoms with E-state index in [9.17, 15) is 13.2 Å². The Morgan fingerprint density at radius 2 is 2.16 bits per heavy atom. The molecule has 2 aromatic rings. The lowest BCUT2D eigenvalue weighted by Crippen LogP contribution is -2.38. The van der Waals surface area contributed by atoms with Gasteiger partial charge in [0.15, 0.2) is 6.10 Å². The quantitative estimate of drug-likeness (QED) is 0.890. The van der Waals surface area contributed by atoms with Crippen LogP contribution in [-0.4, -0.2) is 33.3 Å². The molecule has 2 aromatic heterocycles. The Labute approximate surface area is 107 Å². The number of aliphatic hydroxyl groups excluding tert-OH is 1. The first-order valence-corrected chi connectivity index (χ1v) is 5.77. The van der Waals surface area contributed by atoms with Crippen LogP contribution >= 0.6 is 0 Å². The van der Waals surface area contributed by atoms with Crippen molar-refractivity contribution in [1.82, 2.24) is 14.7 Å². The molecule has 0 fully saturated rings. The van der Waals surface area contributed by atoms with Gasteiger partial charge >= 0.3 is 6.18 Å². The predicted molar refractivity (Wildman–Crippen MR) is 63.7 cm³/mol. The molecule has 1 unspecified atom stereocenters. The highest BCUT2D eigenvalue weighted by atomic mass is 19.4. The average Bonchev–Trinajstić information content (AvgIpc) is 2.64. The van der Waals surface area contributed by atoms with Gasteiger partial charge in [0.2, 0.25) is 0 Å². The van der Waals surface area contributed by atoms with Crippen molar-refractivity contribution < 1.29 is 18.3 Å². The zero-order valence-corrected chi connectivity index (χ0v) is 10.3. The number of imidazole rings is 1. The van der Waals surface area contributed by atoms with Crippen molar-refractivity contribution in [2.45, 2.75) is 25.7 Å². The maximum absolute atomic E-state index is 12.1. The Morgan fingerprint density at radius 3 is 2.84 bits per heavy atom. The summed E-state index contributed by atoms with van der Waals surface area (Å²) in [6.07, 6.45) is -5.15. The first-order chi connectivity index (χ1) is 8.89. The van der Waals surface area contributed by atoms with Gasteiger partial charge in [-0.3, -0.25) is 0 Å². The molecule has 0 aliphatic heterocycles. The van der Waals surface area contributed by atoms with Gasteiger partial charge in [0.05, 0.1) is 11.4 Å². The molecule has 1 atom stereocenters. The maximum atomic E-state index is 12.1. The molecule has 0 saturated heterocycles. The molecule has 0 bridgehead atoms. The fourth-order valence-corrected chi connectivity index (χ4v) is 1.82. The molecule has 0 saturated carbocycles. The summed E-state index contributed by atoms with van der Waals surface area (Å²) in [5.74, 6) is 0. The molecular weight excluding hydrogens is 259 g/mol. The third-order valence-electron chi connectivity index (χ3n) is 2.84. The molecule has 0 aliphatic rings. The van der Waals surface area contributed by atoms with Gasteiger partial charge in [-0.1, -0.05) is 6.07 Å². The van der Waals surface area contributed by atoms with Crippen molar-refractivity contribution in [3.05, 3.63) is 35.8 Å². The number of pyridine rings is 1. The van der Waals surface area contributed by atoms with E-state index in [-0.39, 0.29) is 6.54 Å². The Hall–Kier alpha value is -1.60. The smallest absolute Gasteiger partial charge is 0.382 e. The summed E-state index contributed by atoms with van der Waals surface area (Å²) >= 11 is 0. The third-order valence-corrected chi connectivity index (χ3v) is 2.84. The number of nitrogens with zero attached hydrogens (tertiary/aromatic N) is 2. The largest absolute Gasteiger partial charge is 0.415 e. The van der Waals surface area contributed by atoms with Gasteiger partial charge in [0, 0.05) is 19.3 Å². The predicted octanol–water partition coefficient (Wildman–Crippen LogP) is 1.66. The molecule has 0 aromatic carbocycles. The highest BCUT2D eigenvalue weighted by Crippen LogP contribution is 2.19. The minimum atomic E-state index is -4.60. The van der Waals surface area contributed by atoms with Crippen LogP contribution in [0.15, 0.2) is 24.4 Å². The van der Waals surface area contributed by atoms with Crippen molar-refractivity contribution in [3.8, 4) is 0 Å². The lowest BCUT2D eigenvalue weighted by Gasteiger charge is -2.15. The van der Waals surface area contributed by atoms with Crippen LogP contribution in [0, 0.1) is 6.92 Å². The number of hydrogen-bond donors (Lipinski definition) is 2. The maximum Gasteiger partial charge on any atom is 0.415 e. The van der Waals surface area contributed by atoms with Crippen LogP contribution < -0.4 is 5.32 Å². The standard InChI is InChI=1S/C12H14F3N3O/c1-8-9(6-16-7-10(19)12(13,14)15)18-5-3-2-4-11(18)17-8/h2-5,10,16,19H,6-7H2,1H3. The fourth-order valence-electron chi connectivity index (χ4n) is 1.82. The zero-order valence-electron chi connectivity index (χ0n) is 10.3. The fraction of sp³-hybridized carbons (Fsp3) is 0.417. The first-order valence-electron chi connectivity index (χ1n) is 5.77. The summed E-state index contributed by atoms with van der Waals surface area (Å²) < 4.78 is 38.2. The molecular formula is C12H14F3N3O. The summed E-state index contributed by atoms with van der Waals surface area (Å²) in [4.78, 5) is 4.30. The number of aryl methyl sites for hydroxylation is 1. The number of hydrogen-bond acceptors (Lipinski definition) is 3. The Balaban J connectivity index is 2.04. The molecule has 7 heteroatoms. The van der Waals surface area contributed by atoms with E-state index in [1.807, 2.05) is 22.6 Å². The number of alkyl halides is 3. The molecule has 0 spiro atoms. The van der Waals surface area contributed by atoms with E-state index < -0.39 is 18.8 Å². The second-order valence-corrected chi connectivity index (χ2v) is 4.26. The summed E-state index contributed by atoms with van der Waals surface area (Å²) in [5.41, 5.74) is 2.28. The van der Waals surface area contributed by atoms with Gasteiger partial charge in [0.25, 0.3) is 0 Å². The lowest BCUT2D eigenvalue weighted by atomic mass is 10.3. The monoisotopic (exact) mass is 273 g/mol. The first kappa shape index (κ1) is 13.8. The summed E-state index contributed by atoms with van der Waals surface area (Å²) in [6.45, 7) is 1.47. The number of aromatic nitrogens is 2. The molecule has 0 aliphatic carbocycles.